The topological polar surface area (TPSA) is 70.5 Å². The molecule has 0 spiro atoms. The zero-order valence-corrected chi connectivity index (χ0v) is 17.3. The van der Waals surface area contributed by atoms with Crippen molar-refractivity contribution in [2.45, 2.75) is 6.92 Å². The number of carbonyl (C=O) groups is 2. The number of piperazine rings is 1. The van der Waals surface area contributed by atoms with E-state index in [1.807, 2.05) is 43.3 Å². The molecule has 30 heavy (non-hydrogen) atoms. The number of nitrogens with zero attached hydrogens (tertiary/aromatic N) is 4. The molecular formula is C22H22ClN5O2. The molecule has 2 heterocycles. The Bertz CT molecular complexity index is 1070. The molecule has 1 N–H and O–H groups in total. The summed E-state index contributed by atoms with van der Waals surface area (Å²) in [7, 11) is 0. The standard InChI is InChI=1S/C22H22ClN5O2/c1-16-4-2-6-18(14-16)24-22(30)27-12-10-26(11-13-27)21(29)20-8-9-28(25-20)19-7-3-5-17(23)15-19/h2-9,14-15H,10-13H2,1H3,(H,24,30). The number of hydrogen-bond donors (Lipinski definition) is 1. The minimum atomic E-state index is -0.155. The molecule has 1 aliphatic heterocycles. The Labute approximate surface area is 179 Å². The van der Waals surface area contributed by atoms with Crippen LogP contribution in [0.4, 0.5) is 10.5 Å². The molecule has 0 radical (unpaired) electrons. The molecule has 4 rings (SSSR count). The van der Waals surface area contributed by atoms with Gasteiger partial charge in [-0.1, -0.05) is 29.8 Å². The fourth-order valence-corrected chi connectivity index (χ4v) is 3.58. The number of carbonyl (C=O) groups excluding carboxylic acids is 2. The van der Waals surface area contributed by atoms with Gasteiger partial charge >= 0.3 is 6.03 Å². The van der Waals surface area contributed by atoms with Gasteiger partial charge in [0.1, 0.15) is 0 Å². The maximum atomic E-state index is 12.8. The third-order valence-electron chi connectivity index (χ3n) is 5.00. The first-order valence-corrected chi connectivity index (χ1v) is 10.1. The molecule has 1 saturated heterocycles. The van der Waals surface area contributed by atoms with E-state index in [1.54, 1.807) is 38.9 Å². The van der Waals surface area contributed by atoms with Gasteiger partial charge in [-0.3, -0.25) is 4.79 Å². The van der Waals surface area contributed by atoms with Crippen molar-refractivity contribution < 1.29 is 9.59 Å². The van der Waals surface area contributed by atoms with Crippen molar-refractivity contribution >= 4 is 29.2 Å². The van der Waals surface area contributed by atoms with Crippen LogP contribution in [-0.4, -0.2) is 57.7 Å². The van der Waals surface area contributed by atoms with Crippen LogP contribution in [0.3, 0.4) is 0 Å². The van der Waals surface area contributed by atoms with E-state index in [4.69, 9.17) is 11.6 Å². The maximum Gasteiger partial charge on any atom is 0.321 e. The Balaban J connectivity index is 1.35. The maximum absolute atomic E-state index is 12.8. The normalized spacial score (nSPS) is 13.9. The van der Waals surface area contributed by atoms with Crippen molar-refractivity contribution in [1.29, 1.82) is 0 Å². The van der Waals surface area contributed by atoms with E-state index in [-0.39, 0.29) is 11.9 Å². The highest BCUT2D eigenvalue weighted by atomic mass is 35.5. The van der Waals surface area contributed by atoms with E-state index in [9.17, 15) is 9.59 Å². The molecule has 8 heteroatoms. The number of aromatic nitrogens is 2. The lowest BCUT2D eigenvalue weighted by atomic mass is 10.2. The molecule has 3 aromatic rings. The first kappa shape index (κ1) is 20.0. The van der Waals surface area contributed by atoms with E-state index < -0.39 is 0 Å². The monoisotopic (exact) mass is 423 g/mol. The molecule has 0 unspecified atom stereocenters. The summed E-state index contributed by atoms with van der Waals surface area (Å²) in [6.45, 7) is 3.85. The van der Waals surface area contributed by atoms with E-state index in [0.29, 0.717) is 36.9 Å². The van der Waals surface area contributed by atoms with Crippen LogP contribution in [0, 0.1) is 6.92 Å². The number of benzene rings is 2. The highest BCUT2D eigenvalue weighted by Gasteiger charge is 2.26. The van der Waals surface area contributed by atoms with Gasteiger partial charge in [-0.25, -0.2) is 9.48 Å². The van der Waals surface area contributed by atoms with Gasteiger partial charge in [0.05, 0.1) is 5.69 Å². The van der Waals surface area contributed by atoms with Gasteiger partial charge < -0.3 is 15.1 Å². The van der Waals surface area contributed by atoms with Crippen molar-refractivity contribution in [3.05, 3.63) is 77.1 Å². The molecule has 7 nitrogen and oxygen atoms in total. The number of rotatable bonds is 3. The van der Waals surface area contributed by atoms with Crippen LogP contribution < -0.4 is 5.32 Å². The van der Waals surface area contributed by atoms with Gasteiger partial charge in [0.25, 0.3) is 5.91 Å². The number of halogens is 1. The molecule has 2 aromatic carbocycles. The van der Waals surface area contributed by atoms with E-state index in [2.05, 4.69) is 10.4 Å². The summed E-state index contributed by atoms with van der Waals surface area (Å²) in [5.74, 6) is -0.144. The number of anilines is 1. The highest BCUT2D eigenvalue weighted by molar-refractivity contribution is 6.30. The summed E-state index contributed by atoms with van der Waals surface area (Å²) in [5.41, 5.74) is 3.01. The first-order chi connectivity index (χ1) is 14.5. The molecule has 1 fully saturated rings. The first-order valence-electron chi connectivity index (χ1n) is 9.73. The molecule has 1 aromatic heterocycles. The Kier molecular flexibility index (Phi) is 5.72. The van der Waals surface area contributed by atoms with Crippen LogP contribution in [0.5, 0.6) is 0 Å². The predicted molar refractivity (Wildman–Crippen MR) is 116 cm³/mol. The van der Waals surface area contributed by atoms with Gasteiger partial charge in [0.15, 0.2) is 5.69 Å². The quantitative estimate of drug-likeness (QED) is 0.696. The van der Waals surface area contributed by atoms with Gasteiger partial charge in [0.2, 0.25) is 0 Å². The molecule has 0 aliphatic carbocycles. The third-order valence-corrected chi connectivity index (χ3v) is 5.24. The number of urea groups is 1. The van der Waals surface area contributed by atoms with Crippen LogP contribution in [0.15, 0.2) is 60.8 Å². The minimum absolute atomic E-state index is 0.144. The summed E-state index contributed by atoms with van der Waals surface area (Å²) < 4.78 is 1.63. The van der Waals surface area contributed by atoms with Crippen LogP contribution in [0.25, 0.3) is 5.69 Å². The van der Waals surface area contributed by atoms with Crippen molar-refractivity contribution in [1.82, 2.24) is 19.6 Å². The largest absolute Gasteiger partial charge is 0.334 e. The Hall–Kier alpha value is -3.32. The van der Waals surface area contributed by atoms with Crippen LogP contribution in [0.1, 0.15) is 16.1 Å². The van der Waals surface area contributed by atoms with Crippen molar-refractivity contribution in [3.8, 4) is 5.69 Å². The summed E-state index contributed by atoms with van der Waals surface area (Å²) in [6, 6.07) is 16.5. The van der Waals surface area contributed by atoms with Crippen LogP contribution in [0.2, 0.25) is 5.02 Å². The lowest BCUT2D eigenvalue weighted by Crippen LogP contribution is -2.51. The average Bonchev–Trinajstić information content (AvgIpc) is 3.24. The molecular weight excluding hydrogens is 402 g/mol. The molecule has 3 amide bonds. The molecule has 0 bridgehead atoms. The number of amides is 3. The predicted octanol–water partition coefficient (Wildman–Crippen LogP) is 3.82. The summed E-state index contributed by atoms with van der Waals surface area (Å²) >= 11 is 6.03. The van der Waals surface area contributed by atoms with E-state index in [0.717, 1.165) is 16.9 Å². The third kappa shape index (κ3) is 4.46. The molecule has 1 aliphatic rings. The Morgan fingerprint density at radius 3 is 2.43 bits per heavy atom. The minimum Gasteiger partial charge on any atom is -0.334 e. The second-order valence-corrected chi connectivity index (χ2v) is 7.64. The summed E-state index contributed by atoms with van der Waals surface area (Å²) in [5, 5.41) is 7.91. The Morgan fingerprint density at radius 2 is 1.70 bits per heavy atom. The van der Waals surface area contributed by atoms with Gasteiger partial charge in [-0.05, 0) is 48.9 Å². The van der Waals surface area contributed by atoms with Crippen molar-refractivity contribution in [3.63, 3.8) is 0 Å². The second kappa shape index (κ2) is 8.59. The smallest absolute Gasteiger partial charge is 0.321 e. The molecule has 154 valence electrons. The van der Waals surface area contributed by atoms with Crippen LogP contribution in [-0.2, 0) is 0 Å². The fraction of sp³-hybridized carbons (Fsp3) is 0.227. The average molecular weight is 424 g/mol. The van der Waals surface area contributed by atoms with Gasteiger partial charge in [0, 0.05) is 43.1 Å². The van der Waals surface area contributed by atoms with E-state index >= 15 is 0 Å². The summed E-state index contributed by atoms with van der Waals surface area (Å²) in [6.07, 6.45) is 1.74. The van der Waals surface area contributed by atoms with E-state index in [1.165, 1.54) is 0 Å². The highest BCUT2D eigenvalue weighted by Crippen LogP contribution is 2.16. The second-order valence-electron chi connectivity index (χ2n) is 7.20. The zero-order valence-electron chi connectivity index (χ0n) is 16.6. The van der Waals surface area contributed by atoms with Gasteiger partial charge in [-0.15, -0.1) is 0 Å². The number of hydrogen-bond acceptors (Lipinski definition) is 3. The number of aryl methyl sites for hydroxylation is 1. The lowest BCUT2D eigenvalue weighted by molar-refractivity contribution is 0.0665. The SMILES string of the molecule is Cc1cccc(NC(=O)N2CCN(C(=O)c3ccn(-c4cccc(Cl)c4)n3)CC2)c1. The zero-order chi connectivity index (χ0) is 21.1. The fourth-order valence-electron chi connectivity index (χ4n) is 3.40. The Morgan fingerprint density at radius 1 is 0.967 bits per heavy atom. The van der Waals surface area contributed by atoms with Crippen molar-refractivity contribution in [2.24, 2.45) is 0 Å². The molecule has 0 atom stereocenters. The number of nitrogens with one attached hydrogen (secondary N) is 1. The van der Waals surface area contributed by atoms with Crippen molar-refractivity contribution in [2.75, 3.05) is 31.5 Å². The van der Waals surface area contributed by atoms with Crippen LogP contribution >= 0.6 is 11.6 Å². The van der Waals surface area contributed by atoms with Gasteiger partial charge in [-0.2, -0.15) is 5.10 Å². The lowest BCUT2D eigenvalue weighted by Gasteiger charge is -2.34. The molecule has 0 saturated carbocycles. The summed E-state index contributed by atoms with van der Waals surface area (Å²) in [4.78, 5) is 28.8.